The highest BCUT2D eigenvalue weighted by atomic mass is 32.2. The lowest BCUT2D eigenvalue weighted by Gasteiger charge is -2.42. The number of benzene rings is 1. The van der Waals surface area contributed by atoms with Crippen LogP contribution in [-0.2, 0) is 9.84 Å². The molecule has 4 nitrogen and oxygen atoms in total. The van der Waals surface area contributed by atoms with Crippen molar-refractivity contribution in [3.63, 3.8) is 0 Å². The minimum absolute atomic E-state index is 0.0892. The second-order valence-corrected chi connectivity index (χ2v) is 13.3. The number of allylic oxidation sites excluding steroid dienone is 5. The van der Waals surface area contributed by atoms with Gasteiger partial charge in [0.05, 0.1) is 17.1 Å². The van der Waals surface area contributed by atoms with Crippen LogP contribution in [0, 0.1) is 17.3 Å². The first kappa shape index (κ1) is 27.9. The largest absolute Gasteiger partial charge is 0.393 e. The summed E-state index contributed by atoms with van der Waals surface area (Å²) in [6, 6.07) is 6.94. The molecule has 2 saturated carbocycles. The van der Waals surface area contributed by atoms with Crippen molar-refractivity contribution in [1.29, 1.82) is 0 Å². The first-order chi connectivity index (χ1) is 17.4. The van der Waals surface area contributed by atoms with Gasteiger partial charge in [0.25, 0.3) is 0 Å². The Morgan fingerprint density at radius 3 is 2.62 bits per heavy atom. The van der Waals surface area contributed by atoms with E-state index in [1.165, 1.54) is 29.8 Å². The predicted octanol–water partition coefficient (Wildman–Crippen LogP) is 6.53. The number of alkyl halides is 2. The highest BCUT2D eigenvalue weighted by Crippen LogP contribution is 2.57. The molecule has 1 aromatic carbocycles. The van der Waals surface area contributed by atoms with Crippen LogP contribution in [0.4, 0.5) is 8.78 Å². The summed E-state index contributed by atoms with van der Waals surface area (Å²) >= 11 is 0. The standard InChI is InChI=1S/C30H38F2O4S/c1-20(15-17-30(31,32)37(35,36)25-9-5-4-6-10-25)26-13-14-27-22(8-7-16-29(26,27)3)11-12-23-18-24(33)19-28(34)21(23)2/h4-6,9-13,20,24,27-28,33-34H,2,7-8,14-19H2,1,3H3/b22-11+,23-12-/t20-,24?,27?,28?,29-/m1/s1. The summed E-state index contributed by atoms with van der Waals surface area (Å²) in [7, 11) is -4.75. The van der Waals surface area contributed by atoms with Crippen LogP contribution in [0.15, 0.2) is 82.3 Å². The summed E-state index contributed by atoms with van der Waals surface area (Å²) in [6.07, 6.45) is 8.84. The van der Waals surface area contributed by atoms with Crippen LogP contribution >= 0.6 is 0 Å². The van der Waals surface area contributed by atoms with Gasteiger partial charge in [0.15, 0.2) is 0 Å². The Kier molecular flexibility index (Phi) is 7.99. The van der Waals surface area contributed by atoms with Crippen molar-refractivity contribution in [1.82, 2.24) is 0 Å². The fourth-order valence-electron chi connectivity index (χ4n) is 6.53. The van der Waals surface area contributed by atoms with Crippen LogP contribution in [-0.4, -0.2) is 36.1 Å². The molecule has 0 heterocycles. The summed E-state index contributed by atoms with van der Waals surface area (Å²) < 4.78 is 55.0. The van der Waals surface area contributed by atoms with Crippen molar-refractivity contribution in [3.8, 4) is 0 Å². The summed E-state index contributed by atoms with van der Waals surface area (Å²) in [6.45, 7) is 8.13. The molecule has 4 rings (SSSR count). The van der Waals surface area contributed by atoms with Crippen LogP contribution in [0.3, 0.4) is 0 Å². The molecule has 0 radical (unpaired) electrons. The van der Waals surface area contributed by atoms with Gasteiger partial charge < -0.3 is 10.2 Å². The molecule has 2 fully saturated rings. The number of halogens is 2. The molecule has 5 atom stereocenters. The zero-order valence-corrected chi connectivity index (χ0v) is 22.5. The van der Waals surface area contributed by atoms with Gasteiger partial charge in [-0.25, -0.2) is 8.42 Å². The lowest BCUT2D eigenvalue weighted by atomic mass is 9.62. The molecule has 1 aromatic rings. The van der Waals surface area contributed by atoms with Gasteiger partial charge in [-0.2, -0.15) is 8.78 Å². The van der Waals surface area contributed by atoms with Gasteiger partial charge in [-0.3, -0.25) is 0 Å². The molecular formula is C30H38F2O4S. The van der Waals surface area contributed by atoms with Gasteiger partial charge in [-0.05, 0) is 79.1 Å². The first-order valence-corrected chi connectivity index (χ1v) is 14.7. The van der Waals surface area contributed by atoms with Crippen molar-refractivity contribution in [2.75, 3.05) is 0 Å². The van der Waals surface area contributed by atoms with E-state index in [2.05, 4.69) is 25.7 Å². The maximum atomic E-state index is 14.9. The zero-order chi connectivity index (χ0) is 27.0. The first-order valence-electron chi connectivity index (χ1n) is 13.2. The summed E-state index contributed by atoms with van der Waals surface area (Å²) in [5.74, 6) is 0.101. The monoisotopic (exact) mass is 532 g/mol. The van der Waals surface area contributed by atoms with Gasteiger partial charge >= 0.3 is 5.25 Å². The summed E-state index contributed by atoms with van der Waals surface area (Å²) in [5, 5.41) is 16.4. The molecule has 202 valence electrons. The van der Waals surface area contributed by atoms with E-state index in [0.29, 0.717) is 18.4 Å². The number of fused-ring (bicyclic) bond motifs is 1. The molecule has 3 aliphatic rings. The molecule has 2 N–H and O–H groups in total. The van der Waals surface area contributed by atoms with E-state index in [4.69, 9.17) is 0 Å². The molecule has 3 aliphatic carbocycles. The lowest BCUT2D eigenvalue weighted by molar-refractivity contribution is 0.0747. The molecule has 37 heavy (non-hydrogen) atoms. The Morgan fingerprint density at radius 1 is 1.22 bits per heavy atom. The Labute approximate surface area is 219 Å². The Balaban J connectivity index is 1.47. The van der Waals surface area contributed by atoms with Crippen LogP contribution < -0.4 is 0 Å². The Bertz CT molecular complexity index is 1220. The summed E-state index contributed by atoms with van der Waals surface area (Å²) in [5.41, 5.74) is 3.81. The van der Waals surface area contributed by atoms with E-state index < -0.39 is 33.7 Å². The average Bonchev–Trinajstić information content (AvgIpc) is 3.22. The van der Waals surface area contributed by atoms with Crippen molar-refractivity contribution in [2.24, 2.45) is 17.3 Å². The van der Waals surface area contributed by atoms with Gasteiger partial charge in [0, 0.05) is 12.8 Å². The van der Waals surface area contributed by atoms with E-state index in [9.17, 15) is 27.4 Å². The smallest absolute Gasteiger partial charge is 0.350 e. The molecule has 0 aliphatic heterocycles. The highest BCUT2D eigenvalue weighted by molar-refractivity contribution is 7.92. The van der Waals surface area contributed by atoms with Gasteiger partial charge in [0.2, 0.25) is 9.84 Å². The normalized spacial score (nSPS) is 31.9. The van der Waals surface area contributed by atoms with Crippen LogP contribution in [0.25, 0.3) is 0 Å². The second kappa shape index (κ2) is 10.6. The lowest BCUT2D eigenvalue weighted by Crippen LogP contribution is -2.33. The summed E-state index contributed by atoms with van der Waals surface area (Å²) in [4.78, 5) is -0.350. The van der Waals surface area contributed by atoms with Crippen molar-refractivity contribution in [2.45, 2.75) is 87.6 Å². The van der Waals surface area contributed by atoms with E-state index in [0.717, 1.165) is 36.8 Å². The third kappa shape index (κ3) is 5.41. The fraction of sp³-hybridized carbons (Fsp3) is 0.533. The molecule has 0 spiro atoms. The second-order valence-electron chi connectivity index (χ2n) is 11.2. The number of hydrogen-bond acceptors (Lipinski definition) is 4. The zero-order valence-electron chi connectivity index (χ0n) is 21.7. The van der Waals surface area contributed by atoms with E-state index >= 15 is 0 Å². The average molecular weight is 533 g/mol. The van der Waals surface area contributed by atoms with Gasteiger partial charge in [-0.1, -0.05) is 68.0 Å². The fourth-order valence-corrected chi connectivity index (χ4v) is 7.77. The molecular weight excluding hydrogens is 494 g/mol. The minimum atomic E-state index is -4.75. The van der Waals surface area contributed by atoms with Gasteiger partial charge in [-0.15, -0.1) is 0 Å². The molecule has 7 heteroatoms. The topological polar surface area (TPSA) is 74.6 Å². The molecule has 0 bridgehead atoms. The predicted molar refractivity (Wildman–Crippen MR) is 142 cm³/mol. The Hall–Kier alpha value is -2.09. The molecule has 3 unspecified atom stereocenters. The van der Waals surface area contributed by atoms with Crippen LogP contribution in [0.2, 0.25) is 0 Å². The van der Waals surface area contributed by atoms with Crippen LogP contribution in [0.5, 0.6) is 0 Å². The number of aliphatic hydroxyl groups is 2. The van der Waals surface area contributed by atoms with E-state index in [-0.39, 0.29) is 28.6 Å². The number of hydrogen-bond donors (Lipinski definition) is 2. The molecule has 0 saturated heterocycles. The number of aliphatic hydroxyl groups excluding tert-OH is 2. The maximum Gasteiger partial charge on any atom is 0.350 e. The van der Waals surface area contributed by atoms with Gasteiger partial charge in [0.1, 0.15) is 0 Å². The van der Waals surface area contributed by atoms with Crippen molar-refractivity contribution in [3.05, 3.63) is 77.4 Å². The Morgan fingerprint density at radius 2 is 1.92 bits per heavy atom. The third-order valence-electron chi connectivity index (χ3n) is 8.72. The quantitative estimate of drug-likeness (QED) is 0.392. The molecule has 0 aromatic heterocycles. The van der Waals surface area contributed by atoms with Crippen molar-refractivity contribution >= 4 is 9.84 Å². The van der Waals surface area contributed by atoms with E-state index in [1.807, 2.05) is 13.0 Å². The highest BCUT2D eigenvalue weighted by Gasteiger charge is 2.48. The SMILES string of the molecule is C=C1/C(=C\C=C2/CCC[C@]3(C)C([C@H](C)CCC(F)(F)S(=O)(=O)c4ccccc4)=CCC23)CC(O)CC1O. The number of rotatable bonds is 7. The van der Waals surface area contributed by atoms with Crippen molar-refractivity contribution < 1.29 is 27.4 Å². The minimum Gasteiger partial charge on any atom is -0.393 e. The van der Waals surface area contributed by atoms with E-state index in [1.54, 1.807) is 6.07 Å². The maximum absolute atomic E-state index is 14.9. The molecule has 0 amide bonds. The van der Waals surface area contributed by atoms with Crippen LogP contribution in [0.1, 0.15) is 65.2 Å². The number of sulfone groups is 1. The third-order valence-corrected chi connectivity index (χ3v) is 10.6.